The molecular weight excluding hydrogens is 542 g/mol. The summed E-state index contributed by atoms with van der Waals surface area (Å²) in [6, 6.07) is 5.12. The molecule has 1 saturated heterocycles. The molecule has 14 nitrogen and oxygen atoms in total. The average molecular weight is 580 g/mol. The molecular formula is C28H37N9O5. The number of hydroxylamine groups is 2. The second-order valence-corrected chi connectivity index (χ2v) is 11.7. The molecule has 0 saturated carbocycles. The van der Waals surface area contributed by atoms with Crippen molar-refractivity contribution in [2.24, 2.45) is 0 Å². The Labute approximate surface area is 243 Å². The molecule has 4 rings (SSSR count). The molecule has 3 aromatic rings. The van der Waals surface area contributed by atoms with Crippen molar-refractivity contribution in [2.75, 3.05) is 11.1 Å². The molecule has 42 heavy (non-hydrogen) atoms. The van der Waals surface area contributed by atoms with Crippen LogP contribution in [0.4, 0.5) is 11.6 Å². The van der Waals surface area contributed by atoms with E-state index in [1.54, 1.807) is 30.5 Å². The van der Waals surface area contributed by atoms with Crippen LogP contribution >= 0.6 is 0 Å². The minimum absolute atomic E-state index is 0.0669. The zero-order valence-corrected chi connectivity index (χ0v) is 24.1. The summed E-state index contributed by atoms with van der Waals surface area (Å²) in [7, 11) is 0. The Morgan fingerprint density at radius 1 is 1.05 bits per heavy atom. The number of carboxylic acid groups (broad SMARTS) is 1. The predicted molar refractivity (Wildman–Crippen MR) is 154 cm³/mol. The Balaban J connectivity index is 1.27. The van der Waals surface area contributed by atoms with E-state index in [0.717, 1.165) is 0 Å². The van der Waals surface area contributed by atoms with Gasteiger partial charge < -0.3 is 32.0 Å². The molecule has 1 aromatic carbocycles. The topological polar surface area (TPSA) is 209 Å². The highest BCUT2D eigenvalue weighted by Crippen LogP contribution is 2.36. The number of nitrogens with one attached hydrogen (secondary N) is 3. The monoisotopic (exact) mass is 579 g/mol. The van der Waals surface area contributed by atoms with Crippen molar-refractivity contribution in [1.82, 2.24) is 35.6 Å². The predicted octanol–water partition coefficient (Wildman–Crippen LogP) is 2.10. The van der Waals surface area contributed by atoms with Gasteiger partial charge in [0, 0.05) is 34.8 Å². The van der Waals surface area contributed by atoms with E-state index in [9.17, 15) is 24.7 Å². The smallest absolute Gasteiger partial charge is 0.326 e. The van der Waals surface area contributed by atoms with Crippen molar-refractivity contribution in [3.05, 3.63) is 47.9 Å². The summed E-state index contributed by atoms with van der Waals surface area (Å²) in [6.07, 6.45) is 4.03. The zero-order valence-electron chi connectivity index (χ0n) is 24.1. The Morgan fingerprint density at radius 3 is 2.36 bits per heavy atom. The van der Waals surface area contributed by atoms with Gasteiger partial charge in [-0.15, -0.1) is 0 Å². The third kappa shape index (κ3) is 7.44. The number of hydrogen-bond donors (Lipinski definition) is 6. The molecule has 0 spiro atoms. The van der Waals surface area contributed by atoms with Gasteiger partial charge in [-0.1, -0.05) is 0 Å². The quantitative estimate of drug-likeness (QED) is 0.204. The molecule has 0 aliphatic carbocycles. The number of benzene rings is 1. The highest BCUT2D eigenvalue weighted by molar-refractivity contribution is 5.97. The van der Waals surface area contributed by atoms with E-state index < -0.39 is 29.0 Å². The maximum absolute atomic E-state index is 12.8. The summed E-state index contributed by atoms with van der Waals surface area (Å²) in [4.78, 5) is 53.9. The molecule has 2 aromatic heterocycles. The number of piperidine rings is 1. The normalized spacial score (nSPS) is 17.4. The molecule has 0 radical (unpaired) electrons. The number of anilines is 2. The van der Waals surface area contributed by atoms with Crippen LogP contribution in [0.5, 0.6) is 0 Å². The fourth-order valence-electron chi connectivity index (χ4n) is 5.34. The zero-order chi connectivity index (χ0) is 30.7. The number of aliphatic carboxylic acids is 1. The number of carbonyl (C=O) groups excluding carboxylic acids is 2. The van der Waals surface area contributed by atoms with Crippen LogP contribution in [0.15, 0.2) is 36.7 Å². The van der Waals surface area contributed by atoms with Crippen LogP contribution in [0, 0.1) is 0 Å². The van der Waals surface area contributed by atoms with E-state index in [2.05, 4.69) is 35.9 Å². The van der Waals surface area contributed by atoms with E-state index >= 15 is 0 Å². The van der Waals surface area contributed by atoms with Gasteiger partial charge in [0.15, 0.2) is 5.65 Å². The molecule has 2 amide bonds. The van der Waals surface area contributed by atoms with Crippen molar-refractivity contribution >= 4 is 40.6 Å². The first-order chi connectivity index (χ1) is 19.7. The SMILES string of the molecule is CC1(C)CC(NC(=O)CC[C@H](NC(=O)c2ccc(NCc3cnc4nc(N)ncc4n3)cc2)C(=O)O)CC(C)(C)N1O. The molecule has 1 atom stereocenters. The van der Waals surface area contributed by atoms with Crippen molar-refractivity contribution in [1.29, 1.82) is 0 Å². The van der Waals surface area contributed by atoms with Gasteiger partial charge >= 0.3 is 5.97 Å². The Hall–Kier alpha value is -4.43. The van der Waals surface area contributed by atoms with Crippen LogP contribution < -0.4 is 21.7 Å². The highest BCUT2D eigenvalue weighted by atomic mass is 16.5. The number of hydrogen-bond acceptors (Lipinski definition) is 11. The number of fused-ring (bicyclic) bond motifs is 1. The van der Waals surface area contributed by atoms with Crippen LogP contribution in [-0.4, -0.2) is 76.3 Å². The first kappa shape index (κ1) is 30.5. The van der Waals surface area contributed by atoms with Gasteiger partial charge in [0.1, 0.15) is 11.6 Å². The fraction of sp³-hybridized carbons (Fsp3) is 0.464. The van der Waals surface area contributed by atoms with Gasteiger partial charge in [0.25, 0.3) is 5.91 Å². The third-order valence-corrected chi connectivity index (χ3v) is 7.26. The van der Waals surface area contributed by atoms with Crippen molar-refractivity contribution in [3.63, 3.8) is 0 Å². The standard InChI is InChI=1S/C28H37N9O5/c1-27(2)11-18(12-28(3,4)37(27)42)34-22(38)10-9-20(25(40)41)35-24(39)16-5-7-17(8-6-16)30-13-19-14-31-23-21(33-19)15-32-26(29)36-23/h5-8,14-15,18,20,30,42H,9-13H2,1-4H3,(H,34,38)(H,35,39)(H,40,41)(H2,29,31,32,36)/t20-/m0/s1. The van der Waals surface area contributed by atoms with E-state index in [-0.39, 0.29) is 36.3 Å². The van der Waals surface area contributed by atoms with E-state index in [4.69, 9.17) is 5.73 Å². The minimum Gasteiger partial charge on any atom is -0.480 e. The molecule has 14 heteroatoms. The number of aromatic nitrogens is 4. The van der Waals surface area contributed by atoms with Crippen LogP contribution in [0.2, 0.25) is 0 Å². The van der Waals surface area contributed by atoms with Crippen molar-refractivity contribution in [2.45, 2.75) is 83.1 Å². The van der Waals surface area contributed by atoms with Gasteiger partial charge in [0.2, 0.25) is 11.9 Å². The molecule has 0 unspecified atom stereocenters. The first-order valence-corrected chi connectivity index (χ1v) is 13.6. The number of amides is 2. The lowest BCUT2D eigenvalue weighted by Crippen LogP contribution is -2.63. The maximum atomic E-state index is 12.8. The number of nitrogen functional groups attached to an aromatic ring is 1. The number of rotatable bonds is 10. The van der Waals surface area contributed by atoms with Crippen LogP contribution in [-0.2, 0) is 16.1 Å². The minimum atomic E-state index is -1.24. The highest BCUT2D eigenvalue weighted by Gasteiger charge is 2.45. The Bertz CT molecular complexity index is 1440. The largest absolute Gasteiger partial charge is 0.480 e. The van der Waals surface area contributed by atoms with Crippen LogP contribution in [0.3, 0.4) is 0 Å². The molecule has 1 aliphatic rings. The van der Waals surface area contributed by atoms with E-state index in [1.807, 2.05) is 27.7 Å². The summed E-state index contributed by atoms with van der Waals surface area (Å²) in [6.45, 7) is 7.96. The van der Waals surface area contributed by atoms with Gasteiger partial charge in [-0.25, -0.2) is 19.7 Å². The number of carbonyl (C=O) groups is 3. The molecule has 1 aliphatic heterocycles. The second kappa shape index (κ2) is 12.2. The lowest BCUT2D eigenvalue weighted by Gasteiger charge is -2.51. The molecule has 0 bridgehead atoms. The lowest BCUT2D eigenvalue weighted by atomic mass is 9.79. The average Bonchev–Trinajstić information content (AvgIpc) is 2.92. The summed E-state index contributed by atoms with van der Waals surface area (Å²) < 4.78 is 0. The molecule has 1 fully saturated rings. The van der Waals surface area contributed by atoms with E-state index in [1.165, 1.54) is 11.3 Å². The molecule has 7 N–H and O–H groups in total. The number of carboxylic acids is 1. The van der Waals surface area contributed by atoms with Crippen LogP contribution in [0.1, 0.15) is 69.4 Å². The molecule has 3 heterocycles. The summed E-state index contributed by atoms with van der Waals surface area (Å²) in [5.74, 6) is -1.97. The second-order valence-electron chi connectivity index (χ2n) is 11.7. The van der Waals surface area contributed by atoms with Crippen molar-refractivity contribution < 1.29 is 24.7 Å². The molecule has 224 valence electrons. The van der Waals surface area contributed by atoms with Crippen molar-refractivity contribution in [3.8, 4) is 0 Å². The lowest BCUT2D eigenvalue weighted by molar-refractivity contribution is -0.246. The Kier molecular flexibility index (Phi) is 8.87. The van der Waals surface area contributed by atoms with Gasteiger partial charge in [-0.3, -0.25) is 9.59 Å². The fourth-order valence-corrected chi connectivity index (χ4v) is 5.34. The first-order valence-electron chi connectivity index (χ1n) is 13.6. The van der Waals surface area contributed by atoms with E-state index in [0.29, 0.717) is 41.9 Å². The van der Waals surface area contributed by atoms with Gasteiger partial charge in [-0.2, -0.15) is 10.0 Å². The van der Waals surface area contributed by atoms with Gasteiger partial charge in [-0.05, 0) is 71.2 Å². The third-order valence-electron chi connectivity index (χ3n) is 7.26. The summed E-state index contributed by atoms with van der Waals surface area (Å²) in [5.41, 5.74) is 7.06. The Morgan fingerprint density at radius 2 is 1.71 bits per heavy atom. The van der Waals surface area contributed by atoms with Gasteiger partial charge in [0.05, 0.1) is 24.6 Å². The summed E-state index contributed by atoms with van der Waals surface area (Å²) >= 11 is 0. The summed E-state index contributed by atoms with van der Waals surface area (Å²) in [5, 5.41) is 30.1. The maximum Gasteiger partial charge on any atom is 0.326 e. The van der Waals surface area contributed by atoms with Crippen LogP contribution in [0.25, 0.3) is 11.2 Å². The number of nitrogens with zero attached hydrogens (tertiary/aromatic N) is 5. The number of nitrogens with two attached hydrogens (primary N) is 1.